The fourth-order valence-corrected chi connectivity index (χ4v) is 2.06. The fraction of sp³-hybridized carbons (Fsp3) is 1.00. The maximum atomic E-state index is 10.3. The molecule has 0 radical (unpaired) electrons. The molecule has 1 rings (SSSR count). The van der Waals surface area contributed by atoms with Crippen LogP contribution in [0.3, 0.4) is 0 Å². The molecule has 2 nitrogen and oxygen atoms in total. The monoisotopic (exact) mass is 171 g/mol. The Morgan fingerprint density at radius 1 is 1.67 bits per heavy atom. The van der Waals surface area contributed by atoms with Gasteiger partial charge in [-0.25, -0.2) is 0 Å². The number of nitrogens with zero attached hydrogens (tertiary/aromatic N) is 1. The average Bonchev–Trinajstić information content (AvgIpc) is 2.26. The van der Waals surface area contributed by atoms with E-state index >= 15 is 0 Å². The highest BCUT2D eigenvalue weighted by Gasteiger charge is 2.41. The lowest BCUT2D eigenvalue weighted by Crippen LogP contribution is -2.38. The molecule has 0 aliphatic carbocycles. The summed E-state index contributed by atoms with van der Waals surface area (Å²) in [6.07, 6.45) is 2.00. The molecule has 3 unspecified atom stereocenters. The zero-order valence-electron chi connectivity index (χ0n) is 8.67. The molecule has 0 aromatic heterocycles. The van der Waals surface area contributed by atoms with E-state index in [0.717, 1.165) is 19.4 Å². The van der Waals surface area contributed by atoms with Gasteiger partial charge in [-0.05, 0) is 26.3 Å². The molecule has 1 aliphatic heterocycles. The van der Waals surface area contributed by atoms with Crippen molar-refractivity contribution in [1.82, 2.24) is 4.90 Å². The highest BCUT2D eigenvalue weighted by atomic mass is 16.3. The van der Waals surface area contributed by atoms with Crippen molar-refractivity contribution in [1.29, 1.82) is 0 Å². The second-order valence-electron chi connectivity index (χ2n) is 4.38. The molecule has 1 aliphatic rings. The van der Waals surface area contributed by atoms with E-state index in [2.05, 4.69) is 32.7 Å². The van der Waals surface area contributed by atoms with Gasteiger partial charge in [0.15, 0.2) is 0 Å². The minimum Gasteiger partial charge on any atom is -0.388 e. The molecule has 0 aromatic carbocycles. The molecule has 1 saturated heterocycles. The van der Waals surface area contributed by atoms with Gasteiger partial charge in [-0.1, -0.05) is 20.3 Å². The first kappa shape index (κ1) is 10.0. The zero-order chi connectivity index (χ0) is 9.35. The molecule has 1 heterocycles. The SMILES string of the molecule is CCC(C)C1(O)CC(C)N(C)C1. The van der Waals surface area contributed by atoms with Gasteiger partial charge in [-0.3, -0.25) is 0 Å². The molecule has 0 aromatic rings. The van der Waals surface area contributed by atoms with E-state index in [4.69, 9.17) is 0 Å². The molecule has 3 atom stereocenters. The smallest absolute Gasteiger partial charge is 0.0814 e. The third-order valence-electron chi connectivity index (χ3n) is 3.45. The van der Waals surface area contributed by atoms with Crippen LogP contribution in [0.15, 0.2) is 0 Å². The second-order valence-corrected chi connectivity index (χ2v) is 4.38. The predicted octanol–water partition coefficient (Wildman–Crippen LogP) is 1.49. The Hall–Kier alpha value is -0.0800. The first-order valence-corrected chi connectivity index (χ1v) is 4.92. The highest BCUT2D eigenvalue weighted by molar-refractivity contribution is 4.96. The molecule has 2 heteroatoms. The first-order chi connectivity index (χ1) is 5.49. The van der Waals surface area contributed by atoms with Crippen molar-refractivity contribution in [2.45, 2.75) is 45.3 Å². The lowest BCUT2D eigenvalue weighted by atomic mass is 9.85. The standard InChI is InChI=1S/C10H21NO/c1-5-8(2)10(12)6-9(3)11(4)7-10/h8-9,12H,5-7H2,1-4H3. The fourth-order valence-electron chi connectivity index (χ4n) is 2.06. The summed E-state index contributed by atoms with van der Waals surface area (Å²) in [6, 6.07) is 0.531. The van der Waals surface area contributed by atoms with Crippen LogP contribution >= 0.6 is 0 Å². The number of rotatable bonds is 2. The van der Waals surface area contributed by atoms with Crippen LogP contribution in [0, 0.1) is 5.92 Å². The Bertz CT molecular complexity index is 148. The molecule has 0 bridgehead atoms. The summed E-state index contributed by atoms with van der Waals surface area (Å²) in [5.74, 6) is 0.421. The van der Waals surface area contributed by atoms with E-state index in [-0.39, 0.29) is 0 Å². The van der Waals surface area contributed by atoms with Crippen LogP contribution in [0.2, 0.25) is 0 Å². The van der Waals surface area contributed by atoms with Crippen molar-refractivity contribution < 1.29 is 5.11 Å². The molecule has 0 saturated carbocycles. The summed E-state index contributed by atoms with van der Waals surface area (Å²) in [4.78, 5) is 2.24. The predicted molar refractivity (Wildman–Crippen MR) is 51.1 cm³/mol. The van der Waals surface area contributed by atoms with Gasteiger partial charge < -0.3 is 10.0 Å². The molecule has 0 spiro atoms. The van der Waals surface area contributed by atoms with Crippen molar-refractivity contribution in [3.8, 4) is 0 Å². The zero-order valence-corrected chi connectivity index (χ0v) is 8.67. The number of likely N-dealkylation sites (N-methyl/N-ethyl adjacent to an activating group) is 1. The Morgan fingerprint density at radius 2 is 2.25 bits per heavy atom. The number of hydrogen-bond acceptors (Lipinski definition) is 2. The molecule has 1 N–H and O–H groups in total. The van der Waals surface area contributed by atoms with Crippen LogP contribution in [0.5, 0.6) is 0 Å². The van der Waals surface area contributed by atoms with Gasteiger partial charge in [0.25, 0.3) is 0 Å². The molecule has 1 fully saturated rings. The van der Waals surface area contributed by atoms with Gasteiger partial charge >= 0.3 is 0 Å². The quantitative estimate of drug-likeness (QED) is 0.680. The third kappa shape index (κ3) is 1.64. The van der Waals surface area contributed by atoms with Crippen molar-refractivity contribution in [3.05, 3.63) is 0 Å². The van der Waals surface area contributed by atoms with Crippen LogP contribution < -0.4 is 0 Å². The van der Waals surface area contributed by atoms with Crippen LogP contribution in [0.4, 0.5) is 0 Å². The summed E-state index contributed by atoms with van der Waals surface area (Å²) in [7, 11) is 2.09. The van der Waals surface area contributed by atoms with Gasteiger partial charge in [0.2, 0.25) is 0 Å². The topological polar surface area (TPSA) is 23.5 Å². The van der Waals surface area contributed by atoms with Gasteiger partial charge in [-0.2, -0.15) is 0 Å². The van der Waals surface area contributed by atoms with Crippen LogP contribution in [0.1, 0.15) is 33.6 Å². The van der Waals surface area contributed by atoms with E-state index in [9.17, 15) is 5.11 Å². The van der Waals surface area contributed by atoms with Crippen molar-refractivity contribution in [2.24, 2.45) is 5.92 Å². The van der Waals surface area contributed by atoms with Crippen molar-refractivity contribution in [3.63, 3.8) is 0 Å². The number of likely N-dealkylation sites (tertiary alicyclic amines) is 1. The van der Waals surface area contributed by atoms with Crippen molar-refractivity contribution in [2.75, 3.05) is 13.6 Å². The maximum Gasteiger partial charge on any atom is 0.0814 e. The summed E-state index contributed by atoms with van der Waals surface area (Å²) in [5, 5.41) is 10.3. The van der Waals surface area contributed by atoms with Gasteiger partial charge in [0.05, 0.1) is 5.60 Å². The highest BCUT2D eigenvalue weighted by Crippen LogP contribution is 2.33. The van der Waals surface area contributed by atoms with Crippen LogP contribution in [0.25, 0.3) is 0 Å². The molecule has 72 valence electrons. The van der Waals surface area contributed by atoms with Gasteiger partial charge in [0.1, 0.15) is 0 Å². The van der Waals surface area contributed by atoms with Crippen LogP contribution in [-0.2, 0) is 0 Å². The van der Waals surface area contributed by atoms with E-state index in [1.807, 2.05) is 0 Å². The van der Waals surface area contributed by atoms with Gasteiger partial charge in [0, 0.05) is 12.6 Å². The number of aliphatic hydroxyl groups is 1. The molecule has 12 heavy (non-hydrogen) atoms. The average molecular weight is 171 g/mol. The summed E-state index contributed by atoms with van der Waals surface area (Å²) < 4.78 is 0. The Morgan fingerprint density at radius 3 is 2.58 bits per heavy atom. The largest absolute Gasteiger partial charge is 0.388 e. The third-order valence-corrected chi connectivity index (χ3v) is 3.45. The second kappa shape index (κ2) is 3.35. The molecular formula is C10H21NO. The Labute approximate surface area is 75.6 Å². The summed E-state index contributed by atoms with van der Waals surface area (Å²) >= 11 is 0. The number of hydrogen-bond donors (Lipinski definition) is 1. The van der Waals surface area contributed by atoms with E-state index < -0.39 is 5.60 Å². The lowest BCUT2D eigenvalue weighted by Gasteiger charge is -2.28. The summed E-state index contributed by atoms with van der Waals surface area (Å²) in [5.41, 5.74) is -0.428. The first-order valence-electron chi connectivity index (χ1n) is 4.92. The Kier molecular flexibility index (Phi) is 2.79. The molecule has 0 amide bonds. The van der Waals surface area contributed by atoms with Crippen molar-refractivity contribution >= 4 is 0 Å². The number of β-amino-alcohol motifs (C(OH)–C–C–N with tert-alkyl or cyclic N) is 1. The van der Waals surface area contributed by atoms with E-state index in [1.165, 1.54) is 0 Å². The Balaban J connectivity index is 2.63. The molecular weight excluding hydrogens is 150 g/mol. The van der Waals surface area contributed by atoms with Crippen LogP contribution in [-0.4, -0.2) is 35.2 Å². The maximum absolute atomic E-state index is 10.3. The minimum absolute atomic E-state index is 0.421. The van der Waals surface area contributed by atoms with E-state index in [0.29, 0.717) is 12.0 Å². The summed E-state index contributed by atoms with van der Waals surface area (Å²) in [6.45, 7) is 7.31. The minimum atomic E-state index is -0.428. The van der Waals surface area contributed by atoms with E-state index in [1.54, 1.807) is 0 Å². The lowest BCUT2D eigenvalue weighted by molar-refractivity contribution is -0.00198. The normalized spacial score (nSPS) is 40.2. The van der Waals surface area contributed by atoms with Gasteiger partial charge in [-0.15, -0.1) is 0 Å².